The summed E-state index contributed by atoms with van der Waals surface area (Å²) in [6.45, 7) is 3.45. The van der Waals surface area contributed by atoms with Crippen LogP contribution in [0.1, 0.15) is 35.5 Å². The van der Waals surface area contributed by atoms with Gasteiger partial charge in [-0.15, -0.1) is 0 Å². The third-order valence-electron chi connectivity index (χ3n) is 4.65. The van der Waals surface area contributed by atoms with E-state index in [1.165, 1.54) is 19.3 Å². The van der Waals surface area contributed by atoms with E-state index >= 15 is 0 Å². The summed E-state index contributed by atoms with van der Waals surface area (Å²) in [5, 5.41) is 3.95. The van der Waals surface area contributed by atoms with Crippen molar-refractivity contribution in [3.63, 3.8) is 0 Å². The molecule has 0 bridgehead atoms. The van der Waals surface area contributed by atoms with Gasteiger partial charge in [0.2, 0.25) is 0 Å². The molecule has 0 radical (unpaired) electrons. The zero-order valence-corrected chi connectivity index (χ0v) is 13.5. The molecule has 2 heterocycles. The average molecular weight is 307 g/mol. The van der Waals surface area contributed by atoms with Crippen LogP contribution >= 0.6 is 0 Å². The summed E-state index contributed by atoms with van der Waals surface area (Å²) in [5.74, 6) is 1.86. The minimum absolute atomic E-state index is 0.0384. The summed E-state index contributed by atoms with van der Waals surface area (Å²) in [5.41, 5.74) is 0.408. The third-order valence-corrected chi connectivity index (χ3v) is 4.65. The molecule has 0 aromatic carbocycles. The fraction of sp³-hybridized carbons (Fsp3) is 0.750. The van der Waals surface area contributed by atoms with Gasteiger partial charge in [0.25, 0.3) is 5.91 Å². The van der Waals surface area contributed by atoms with E-state index < -0.39 is 0 Å². The lowest BCUT2D eigenvalue weighted by Gasteiger charge is -2.34. The van der Waals surface area contributed by atoms with E-state index in [4.69, 9.17) is 9.26 Å². The lowest BCUT2D eigenvalue weighted by Crippen LogP contribution is -2.39. The van der Waals surface area contributed by atoms with Crippen LogP contribution in [0.4, 0.5) is 0 Å². The molecule has 1 aliphatic heterocycles. The molecule has 3 rings (SSSR count). The molecule has 1 aromatic rings. The first-order chi connectivity index (χ1) is 10.6. The highest BCUT2D eigenvalue weighted by Crippen LogP contribution is 2.34. The van der Waals surface area contributed by atoms with Crippen molar-refractivity contribution in [2.24, 2.45) is 11.8 Å². The summed E-state index contributed by atoms with van der Waals surface area (Å²) in [7, 11) is 3.92. The number of carbonyl (C=O) groups excluding carboxylic acids is 1. The van der Waals surface area contributed by atoms with Gasteiger partial charge in [-0.25, -0.2) is 0 Å². The second kappa shape index (κ2) is 6.79. The Balaban J connectivity index is 1.65. The SMILES string of the molecule is CN(C)Cc1cc(C(=O)N2CCOCC(C3CCC3)C2)no1. The molecule has 0 N–H and O–H groups in total. The van der Waals surface area contributed by atoms with E-state index in [2.05, 4.69) is 5.16 Å². The van der Waals surface area contributed by atoms with Gasteiger partial charge in [0.15, 0.2) is 11.5 Å². The van der Waals surface area contributed by atoms with Gasteiger partial charge in [0.1, 0.15) is 0 Å². The monoisotopic (exact) mass is 307 g/mol. The van der Waals surface area contributed by atoms with Gasteiger partial charge < -0.3 is 19.1 Å². The van der Waals surface area contributed by atoms with Crippen LogP contribution in [0, 0.1) is 11.8 Å². The van der Waals surface area contributed by atoms with Crippen LogP contribution < -0.4 is 0 Å². The van der Waals surface area contributed by atoms with E-state index in [1.807, 2.05) is 23.9 Å². The fourth-order valence-corrected chi connectivity index (χ4v) is 3.18. The second-order valence-corrected chi connectivity index (χ2v) is 6.69. The molecule has 1 aliphatic carbocycles. The van der Waals surface area contributed by atoms with E-state index in [9.17, 15) is 4.79 Å². The zero-order chi connectivity index (χ0) is 15.5. The summed E-state index contributed by atoms with van der Waals surface area (Å²) < 4.78 is 10.9. The van der Waals surface area contributed by atoms with Crippen LogP contribution in [0.3, 0.4) is 0 Å². The van der Waals surface area contributed by atoms with E-state index in [-0.39, 0.29) is 5.91 Å². The van der Waals surface area contributed by atoms with Crippen molar-refractivity contribution in [3.8, 4) is 0 Å². The Morgan fingerprint density at radius 1 is 1.41 bits per heavy atom. The standard InChI is InChI=1S/C16H25N3O3/c1-18(2)10-14-8-15(17-22-14)16(20)19-6-7-21-11-13(9-19)12-4-3-5-12/h8,12-13H,3-7,9-11H2,1-2H3. The Bertz CT molecular complexity index is 510. The smallest absolute Gasteiger partial charge is 0.276 e. The molecule has 1 atom stereocenters. The quantitative estimate of drug-likeness (QED) is 0.846. The van der Waals surface area contributed by atoms with E-state index in [1.54, 1.807) is 6.07 Å². The Kier molecular flexibility index (Phi) is 4.78. The Labute approximate surface area is 131 Å². The molecule has 122 valence electrons. The summed E-state index contributed by atoms with van der Waals surface area (Å²) in [6, 6.07) is 1.76. The minimum Gasteiger partial charge on any atom is -0.379 e. The number of hydrogen-bond donors (Lipinski definition) is 0. The second-order valence-electron chi connectivity index (χ2n) is 6.69. The molecule has 1 saturated carbocycles. The first-order valence-electron chi connectivity index (χ1n) is 8.11. The number of aromatic nitrogens is 1. The van der Waals surface area contributed by atoms with E-state index in [0.717, 1.165) is 24.8 Å². The lowest BCUT2D eigenvalue weighted by atomic mass is 9.76. The third kappa shape index (κ3) is 3.50. The maximum absolute atomic E-state index is 12.7. The summed E-state index contributed by atoms with van der Waals surface area (Å²) in [4.78, 5) is 16.5. The van der Waals surface area contributed by atoms with Crippen molar-refractivity contribution in [1.29, 1.82) is 0 Å². The van der Waals surface area contributed by atoms with Crippen LogP contribution in [0.2, 0.25) is 0 Å². The Hall–Kier alpha value is -1.40. The molecule has 0 spiro atoms. The summed E-state index contributed by atoms with van der Waals surface area (Å²) in [6.07, 6.45) is 3.85. The predicted octanol–water partition coefficient (Wildman–Crippen LogP) is 1.62. The fourth-order valence-electron chi connectivity index (χ4n) is 3.18. The molecule has 6 heteroatoms. The molecule has 22 heavy (non-hydrogen) atoms. The topological polar surface area (TPSA) is 58.8 Å². The van der Waals surface area contributed by atoms with Gasteiger partial charge >= 0.3 is 0 Å². The molecule has 1 saturated heterocycles. The number of hydrogen-bond acceptors (Lipinski definition) is 5. The Morgan fingerprint density at radius 2 is 2.23 bits per heavy atom. The molecule has 6 nitrogen and oxygen atoms in total. The maximum atomic E-state index is 12.7. The summed E-state index contributed by atoms with van der Waals surface area (Å²) >= 11 is 0. The first-order valence-corrected chi connectivity index (χ1v) is 8.11. The molecule has 1 amide bonds. The number of ether oxygens (including phenoxy) is 1. The first kappa shape index (κ1) is 15.5. The van der Waals surface area contributed by atoms with Crippen molar-refractivity contribution in [3.05, 3.63) is 17.5 Å². The molecule has 2 aliphatic rings. The van der Waals surface area contributed by atoms with Crippen LogP contribution in [0.25, 0.3) is 0 Å². The van der Waals surface area contributed by atoms with Gasteiger partial charge in [-0.3, -0.25) is 4.79 Å². The normalized spacial score (nSPS) is 23.4. The average Bonchev–Trinajstić information content (AvgIpc) is 2.73. The Morgan fingerprint density at radius 3 is 2.91 bits per heavy atom. The van der Waals surface area contributed by atoms with Gasteiger partial charge in [0.05, 0.1) is 19.8 Å². The van der Waals surface area contributed by atoms with Crippen molar-refractivity contribution in [1.82, 2.24) is 15.0 Å². The number of carbonyl (C=O) groups is 1. The molecular formula is C16H25N3O3. The van der Waals surface area contributed by atoms with Gasteiger partial charge in [0, 0.05) is 25.1 Å². The molecule has 1 aromatic heterocycles. The van der Waals surface area contributed by atoms with Crippen molar-refractivity contribution >= 4 is 5.91 Å². The number of nitrogens with zero attached hydrogens (tertiary/aromatic N) is 3. The largest absolute Gasteiger partial charge is 0.379 e. The van der Waals surface area contributed by atoms with Crippen LogP contribution in [0.15, 0.2) is 10.6 Å². The highest BCUT2D eigenvalue weighted by molar-refractivity contribution is 5.92. The number of amides is 1. The maximum Gasteiger partial charge on any atom is 0.276 e. The predicted molar refractivity (Wildman–Crippen MR) is 81.4 cm³/mol. The van der Waals surface area contributed by atoms with Crippen LogP contribution in [-0.4, -0.2) is 61.3 Å². The van der Waals surface area contributed by atoms with E-state index in [0.29, 0.717) is 31.3 Å². The van der Waals surface area contributed by atoms with Gasteiger partial charge in [-0.1, -0.05) is 24.4 Å². The minimum atomic E-state index is -0.0384. The van der Waals surface area contributed by atoms with Crippen LogP contribution in [0.5, 0.6) is 0 Å². The van der Waals surface area contributed by atoms with Crippen LogP contribution in [-0.2, 0) is 11.3 Å². The van der Waals surface area contributed by atoms with Crippen molar-refractivity contribution in [2.45, 2.75) is 25.8 Å². The highest BCUT2D eigenvalue weighted by atomic mass is 16.5. The van der Waals surface area contributed by atoms with Gasteiger partial charge in [-0.2, -0.15) is 0 Å². The molecule has 1 unspecified atom stereocenters. The molecular weight excluding hydrogens is 282 g/mol. The van der Waals surface area contributed by atoms with Gasteiger partial charge in [-0.05, 0) is 20.0 Å². The number of rotatable bonds is 4. The van der Waals surface area contributed by atoms with Crippen molar-refractivity contribution < 1.29 is 14.1 Å². The molecule has 2 fully saturated rings. The van der Waals surface area contributed by atoms with Crippen molar-refractivity contribution in [2.75, 3.05) is 40.4 Å². The lowest BCUT2D eigenvalue weighted by molar-refractivity contribution is 0.0679. The highest BCUT2D eigenvalue weighted by Gasteiger charge is 2.32. The zero-order valence-electron chi connectivity index (χ0n) is 13.5.